The predicted octanol–water partition coefficient (Wildman–Crippen LogP) is 6.27. The van der Waals surface area contributed by atoms with Crippen LogP contribution in [0.1, 0.15) is 95.7 Å². The lowest BCUT2D eigenvalue weighted by Crippen LogP contribution is -2.55. The Kier molecular flexibility index (Phi) is 10.3. The number of aromatic nitrogens is 2. The maximum atomic E-state index is 14.5. The number of hydrogen-bond donors (Lipinski definition) is 3. The number of carbonyl (C=O) groups excluding carboxylic acids is 3. The summed E-state index contributed by atoms with van der Waals surface area (Å²) in [7, 11) is 1.61. The summed E-state index contributed by atoms with van der Waals surface area (Å²) < 4.78 is 18.2. The number of aryl methyl sites for hydroxylation is 1. The van der Waals surface area contributed by atoms with E-state index in [0.717, 1.165) is 53.8 Å². The number of carboxylic acids is 1. The summed E-state index contributed by atoms with van der Waals surface area (Å²) in [6.45, 7) is 7.40. The highest BCUT2D eigenvalue weighted by molar-refractivity contribution is 7.13. The third kappa shape index (κ3) is 7.89. The summed E-state index contributed by atoms with van der Waals surface area (Å²) in [6.07, 6.45) is 7.13. The van der Waals surface area contributed by atoms with Crippen LogP contribution in [0.5, 0.6) is 11.5 Å². The van der Waals surface area contributed by atoms with Gasteiger partial charge in [0, 0.05) is 46.2 Å². The number of amides is 3. The van der Waals surface area contributed by atoms with Crippen LogP contribution in [-0.2, 0) is 19.1 Å². The molecule has 54 heavy (non-hydrogen) atoms. The van der Waals surface area contributed by atoms with Crippen molar-refractivity contribution in [2.45, 2.75) is 121 Å². The van der Waals surface area contributed by atoms with Gasteiger partial charge in [0.25, 0.3) is 5.91 Å². The Morgan fingerprint density at radius 3 is 2.61 bits per heavy atom. The monoisotopic (exact) mass is 759 g/mol. The Labute approximate surface area is 318 Å². The molecule has 2 saturated carbocycles. The molecule has 288 valence electrons. The Morgan fingerprint density at radius 1 is 1.09 bits per heavy atom. The van der Waals surface area contributed by atoms with Gasteiger partial charge in [-0.15, -0.1) is 11.3 Å². The first-order chi connectivity index (χ1) is 25.8. The largest absolute Gasteiger partial charge is 0.496 e. The second kappa shape index (κ2) is 14.8. The highest BCUT2D eigenvalue weighted by Crippen LogP contribution is 2.46. The van der Waals surface area contributed by atoms with Crippen molar-refractivity contribution in [3.05, 3.63) is 47.0 Å². The summed E-state index contributed by atoms with van der Waals surface area (Å²) in [5.74, 6) is -0.916. The molecule has 14 heteroatoms. The fourth-order valence-electron chi connectivity index (χ4n) is 7.51. The van der Waals surface area contributed by atoms with Gasteiger partial charge in [0.1, 0.15) is 39.9 Å². The molecule has 7 rings (SSSR count). The van der Waals surface area contributed by atoms with E-state index in [2.05, 4.69) is 16.0 Å². The van der Waals surface area contributed by atoms with Gasteiger partial charge in [0.15, 0.2) is 6.10 Å². The van der Waals surface area contributed by atoms with Crippen LogP contribution in [0.4, 0.5) is 4.79 Å². The Bertz CT molecular complexity index is 1990. The van der Waals surface area contributed by atoms with Gasteiger partial charge in [-0.25, -0.2) is 19.6 Å². The number of nitrogens with zero attached hydrogens (tertiary/aromatic N) is 3. The van der Waals surface area contributed by atoms with Crippen molar-refractivity contribution < 1.29 is 38.5 Å². The van der Waals surface area contributed by atoms with E-state index < -0.39 is 53.2 Å². The SMILES string of the molecule is COc1ccc2c(O[C@@H]3C[C@H]4C(=O)N[C@]5(C(=O)O)C[C@H]5/C=C\CCCCCC(OC(=O)NC(C)(C)C)C(=O)N4C3)cc(-c3nc(C4CC4)cs3)nc2c1C. The normalized spacial score (nSPS) is 26.8. The van der Waals surface area contributed by atoms with Crippen molar-refractivity contribution in [1.29, 1.82) is 0 Å². The molecular formula is C40H49N5O8S. The molecule has 2 aliphatic heterocycles. The molecule has 0 spiro atoms. The zero-order valence-electron chi connectivity index (χ0n) is 31.5. The maximum absolute atomic E-state index is 14.5. The van der Waals surface area contributed by atoms with Crippen LogP contribution in [0.25, 0.3) is 21.6 Å². The zero-order chi connectivity index (χ0) is 38.4. The second-order valence-electron chi connectivity index (χ2n) is 16.0. The first-order valence-corrected chi connectivity index (χ1v) is 19.8. The quantitative estimate of drug-likeness (QED) is 0.233. The van der Waals surface area contributed by atoms with E-state index >= 15 is 0 Å². The molecule has 0 radical (unpaired) electrons. The van der Waals surface area contributed by atoms with Crippen molar-refractivity contribution in [2.24, 2.45) is 5.92 Å². The molecule has 1 unspecified atom stereocenters. The minimum atomic E-state index is -1.45. The van der Waals surface area contributed by atoms with Crippen LogP contribution in [-0.4, -0.2) is 86.8 Å². The van der Waals surface area contributed by atoms with Crippen LogP contribution in [0.2, 0.25) is 0 Å². The van der Waals surface area contributed by atoms with Crippen LogP contribution >= 0.6 is 11.3 Å². The van der Waals surface area contributed by atoms with E-state index in [1.807, 2.05) is 58.0 Å². The van der Waals surface area contributed by atoms with Crippen molar-refractivity contribution in [2.75, 3.05) is 13.7 Å². The molecule has 0 bridgehead atoms. The number of thiazole rings is 1. The number of hydrogen-bond acceptors (Lipinski definition) is 10. The lowest BCUT2D eigenvalue weighted by atomic mass is 10.1. The molecule has 2 aliphatic carbocycles. The zero-order valence-corrected chi connectivity index (χ0v) is 32.3. The van der Waals surface area contributed by atoms with E-state index in [-0.39, 0.29) is 31.7 Å². The number of carboxylic acid groups (broad SMARTS) is 1. The first kappa shape index (κ1) is 37.6. The number of ether oxygens (including phenoxy) is 3. The van der Waals surface area contributed by atoms with Crippen LogP contribution in [0, 0.1) is 12.8 Å². The minimum Gasteiger partial charge on any atom is -0.496 e. The van der Waals surface area contributed by atoms with E-state index in [4.69, 9.17) is 24.2 Å². The summed E-state index contributed by atoms with van der Waals surface area (Å²) >= 11 is 1.53. The number of nitrogens with one attached hydrogen (secondary N) is 2. The van der Waals surface area contributed by atoms with E-state index in [1.54, 1.807) is 7.11 Å². The van der Waals surface area contributed by atoms with Gasteiger partial charge in [-0.05, 0) is 84.8 Å². The minimum absolute atomic E-state index is 0.0123. The Hall–Kier alpha value is -4.72. The highest BCUT2D eigenvalue weighted by Gasteiger charge is 2.61. The van der Waals surface area contributed by atoms with Crippen molar-refractivity contribution in [1.82, 2.24) is 25.5 Å². The fraction of sp³-hybridized carbons (Fsp3) is 0.550. The average molecular weight is 760 g/mol. The molecular weight excluding hydrogens is 711 g/mol. The van der Waals surface area contributed by atoms with E-state index in [0.29, 0.717) is 35.0 Å². The van der Waals surface area contributed by atoms with Gasteiger partial charge in [-0.1, -0.05) is 18.6 Å². The maximum Gasteiger partial charge on any atom is 0.408 e. The number of alkyl carbamates (subject to hydrolysis) is 1. The van der Waals surface area contributed by atoms with Crippen molar-refractivity contribution >= 4 is 46.1 Å². The van der Waals surface area contributed by atoms with Gasteiger partial charge >= 0.3 is 12.1 Å². The summed E-state index contributed by atoms with van der Waals surface area (Å²) in [5.41, 5.74) is 1.16. The van der Waals surface area contributed by atoms with E-state index in [9.17, 15) is 24.3 Å². The van der Waals surface area contributed by atoms with Gasteiger partial charge in [0.2, 0.25) is 5.91 Å². The van der Waals surface area contributed by atoms with Crippen LogP contribution in [0.3, 0.4) is 0 Å². The van der Waals surface area contributed by atoms with Crippen molar-refractivity contribution in [3.63, 3.8) is 0 Å². The number of methoxy groups -OCH3 is 1. The van der Waals surface area contributed by atoms with Gasteiger partial charge in [-0.2, -0.15) is 0 Å². The Morgan fingerprint density at radius 2 is 1.89 bits per heavy atom. The van der Waals surface area contributed by atoms with Gasteiger partial charge in [-0.3, -0.25) is 9.59 Å². The van der Waals surface area contributed by atoms with Crippen LogP contribution in [0.15, 0.2) is 35.7 Å². The highest BCUT2D eigenvalue weighted by atomic mass is 32.1. The molecule has 4 heterocycles. The fourth-order valence-corrected chi connectivity index (χ4v) is 8.37. The summed E-state index contributed by atoms with van der Waals surface area (Å²) in [6, 6.07) is 4.52. The molecule has 2 aromatic heterocycles. The molecule has 1 saturated heterocycles. The molecule has 13 nitrogen and oxygen atoms in total. The third-order valence-electron chi connectivity index (χ3n) is 10.7. The van der Waals surface area contributed by atoms with Crippen LogP contribution < -0.4 is 20.1 Å². The van der Waals surface area contributed by atoms with Gasteiger partial charge in [0.05, 0.1) is 24.9 Å². The number of rotatable bonds is 7. The first-order valence-electron chi connectivity index (χ1n) is 18.9. The average Bonchev–Trinajstić information content (AvgIpc) is 3.98. The number of fused-ring (bicyclic) bond motifs is 3. The topological polar surface area (TPSA) is 169 Å². The second-order valence-corrected chi connectivity index (χ2v) is 16.9. The summed E-state index contributed by atoms with van der Waals surface area (Å²) in [5, 5.41) is 19.4. The lowest BCUT2D eigenvalue weighted by Gasteiger charge is -2.29. The number of aliphatic carboxylic acids is 1. The number of benzene rings is 1. The molecule has 3 fully saturated rings. The Balaban J connectivity index is 1.23. The standard InChI is InChI=1S/C40H49N5O8S/c1-22-30(51-5)16-15-26-32(18-27(41-33(22)26)35-42-28(21-54-35)23-13-14-23)52-25-17-29-34(46)43-40(37(48)49)19-24(40)11-9-7-6-8-10-12-31(36(47)45(29)20-25)53-38(50)44-39(2,3)4/h9,11,15-16,18,21,23-25,29,31H,6-8,10,12-14,17,19-20H2,1-5H3,(H,43,46)(H,44,50)(H,48,49)/b11-9-/t24-,25-,29+,31?,40-/m1/s1. The van der Waals surface area contributed by atoms with Gasteiger partial charge < -0.3 is 34.9 Å². The molecule has 1 aromatic carbocycles. The van der Waals surface area contributed by atoms with Crippen molar-refractivity contribution in [3.8, 4) is 22.2 Å². The smallest absolute Gasteiger partial charge is 0.408 e. The molecule has 4 aliphatic rings. The van der Waals surface area contributed by atoms with E-state index in [1.165, 1.54) is 16.2 Å². The molecule has 5 atom stereocenters. The molecule has 3 amide bonds. The number of carbonyl (C=O) groups is 4. The predicted molar refractivity (Wildman–Crippen MR) is 203 cm³/mol. The number of pyridine rings is 1. The third-order valence-corrected chi connectivity index (χ3v) is 11.6. The lowest BCUT2D eigenvalue weighted by molar-refractivity contribution is -0.148. The number of allylic oxidation sites excluding steroid dienone is 1. The molecule has 3 N–H and O–H groups in total. The summed E-state index contributed by atoms with van der Waals surface area (Å²) in [4.78, 5) is 65.5. The molecule has 3 aromatic rings.